The smallest absolute Gasteiger partial charge is 0.356 e. The molecule has 7 heteroatoms. The molecule has 0 aliphatic carbocycles. The van der Waals surface area contributed by atoms with Gasteiger partial charge in [-0.2, -0.15) is 5.10 Å². The van der Waals surface area contributed by atoms with E-state index in [-0.39, 0.29) is 5.69 Å². The summed E-state index contributed by atoms with van der Waals surface area (Å²) < 4.78 is 12.2. The molecule has 1 aromatic heterocycles. The fraction of sp³-hybridized carbons (Fsp3) is 0.333. The van der Waals surface area contributed by atoms with Gasteiger partial charge in [0.2, 0.25) is 0 Å². The molecule has 1 aromatic carbocycles. The minimum Gasteiger partial charge on any atom is -0.495 e. The number of aromatic nitrogens is 2. The topological polar surface area (TPSA) is 73.6 Å². The highest BCUT2D eigenvalue weighted by Crippen LogP contribution is 2.44. The van der Waals surface area contributed by atoms with Gasteiger partial charge in [0.1, 0.15) is 10.8 Å². The van der Waals surface area contributed by atoms with Crippen LogP contribution in [-0.2, 0) is 13.5 Å². The lowest BCUT2D eigenvalue weighted by Gasteiger charge is -2.16. The number of carbonyl (C=O) groups is 1. The maximum absolute atomic E-state index is 11.1. The Labute approximate surface area is 133 Å². The predicted molar refractivity (Wildman–Crippen MR) is 83.1 cm³/mol. The zero-order chi connectivity index (χ0) is 16.4. The molecule has 0 amide bonds. The van der Waals surface area contributed by atoms with Crippen LogP contribution in [0.15, 0.2) is 12.1 Å². The number of carboxylic acids is 1. The summed E-state index contributed by atoms with van der Waals surface area (Å²) in [6, 6.07) is 3.37. The molecule has 0 fully saturated rings. The van der Waals surface area contributed by atoms with Crippen LogP contribution in [0.4, 0.5) is 0 Å². The maximum Gasteiger partial charge on any atom is 0.356 e. The Hall–Kier alpha value is -2.21. The first kappa shape index (κ1) is 16.2. The molecule has 0 bridgehead atoms. The second-order valence-electron chi connectivity index (χ2n) is 4.66. The normalized spacial score (nSPS) is 10.6. The summed E-state index contributed by atoms with van der Waals surface area (Å²) in [5.41, 5.74) is 2.15. The molecule has 0 saturated heterocycles. The number of hydrogen-bond donors (Lipinski definition) is 1. The van der Waals surface area contributed by atoms with Gasteiger partial charge in [0.15, 0.2) is 11.4 Å². The average molecular weight is 325 g/mol. The van der Waals surface area contributed by atoms with Crippen LogP contribution in [-0.4, -0.2) is 35.1 Å². The van der Waals surface area contributed by atoms with Crippen LogP contribution >= 0.6 is 11.6 Å². The van der Waals surface area contributed by atoms with Crippen LogP contribution in [0, 0.1) is 0 Å². The summed E-state index contributed by atoms with van der Waals surface area (Å²) in [5, 5.41) is 13.4. The molecule has 0 unspecified atom stereocenters. The molecule has 1 heterocycles. The molecule has 0 saturated carbocycles. The second-order valence-corrected chi connectivity index (χ2v) is 5.04. The highest BCUT2D eigenvalue weighted by Gasteiger charge is 2.22. The van der Waals surface area contributed by atoms with E-state index in [0.717, 1.165) is 5.56 Å². The number of aryl methyl sites for hydroxylation is 2. The standard InChI is InChI=1S/C15H17ClN2O4/c1-5-8-6-9(14(22-4)12(16)13(8)21-3)11-7-10(15(19)20)17-18(11)2/h6-7H,5H2,1-4H3,(H,19,20). The van der Waals surface area contributed by atoms with Gasteiger partial charge in [0, 0.05) is 12.6 Å². The van der Waals surface area contributed by atoms with Gasteiger partial charge in [0.25, 0.3) is 0 Å². The lowest BCUT2D eigenvalue weighted by atomic mass is 10.0. The van der Waals surface area contributed by atoms with Gasteiger partial charge < -0.3 is 14.6 Å². The molecule has 0 radical (unpaired) electrons. The largest absolute Gasteiger partial charge is 0.495 e. The number of aromatic carboxylic acids is 1. The lowest BCUT2D eigenvalue weighted by Crippen LogP contribution is -2.01. The number of nitrogens with zero attached hydrogens (tertiary/aromatic N) is 2. The van der Waals surface area contributed by atoms with Gasteiger partial charge in [-0.05, 0) is 24.1 Å². The monoisotopic (exact) mass is 324 g/mol. The average Bonchev–Trinajstić information content (AvgIpc) is 2.88. The minimum absolute atomic E-state index is 0.0375. The number of hydrogen-bond acceptors (Lipinski definition) is 4. The van der Waals surface area contributed by atoms with Crippen molar-refractivity contribution in [2.45, 2.75) is 13.3 Å². The van der Waals surface area contributed by atoms with Crippen molar-refractivity contribution in [2.75, 3.05) is 14.2 Å². The highest BCUT2D eigenvalue weighted by atomic mass is 35.5. The molecule has 22 heavy (non-hydrogen) atoms. The van der Waals surface area contributed by atoms with E-state index in [1.807, 2.05) is 13.0 Å². The summed E-state index contributed by atoms with van der Waals surface area (Å²) in [6.07, 6.45) is 0.712. The molecule has 118 valence electrons. The number of rotatable bonds is 5. The van der Waals surface area contributed by atoms with Gasteiger partial charge in [0.05, 0.1) is 19.9 Å². The third kappa shape index (κ3) is 2.62. The third-order valence-electron chi connectivity index (χ3n) is 3.42. The van der Waals surface area contributed by atoms with E-state index in [1.165, 1.54) is 17.9 Å². The summed E-state index contributed by atoms with van der Waals surface area (Å²) in [4.78, 5) is 11.1. The first-order chi connectivity index (χ1) is 10.4. The van der Waals surface area contributed by atoms with Crippen LogP contribution in [0.3, 0.4) is 0 Å². The van der Waals surface area contributed by atoms with Gasteiger partial charge in [-0.25, -0.2) is 4.79 Å². The summed E-state index contributed by atoms with van der Waals surface area (Å²) >= 11 is 6.37. The molecule has 2 aromatic rings. The van der Waals surface area contributed by atoms with Gasteiger partial charge in [-0.3, -0.25) is 4.68 Å². The van der Waals surface area contributed by atoms with Crippen molar-refractivity contribution in [3.05, 3.63) is 28.4 Å². The third-order valence-corrected chi connectivity index (χ3v) is 3.76. The number of methoxy groups -OCH3 is 2. The first-order valence-corrected chi connectivity index (χ1v) is 7.03. The Kier molecular flexibility index (Phi) is 4.61. The summed E-state index contributed by atoms with van der Waals surface area (Å²) in [5.74, 6) is -0.0998. The van der Waals surface area contributed by atoms with E-state index in [4.69, 9.17) is 26.2 Å². The Morgan fingerprint density at radius 1 is 1.32 bits per heavy atom. The van der Waals surface area contributed by atoms with Crippen LogP contribution in [0.5, 0.6) is 11.5 Å². The van der Waals surface area contributed by atoms with Crippen molar-refractivity contribution >= 4 is 17.6 Å². The van der Waals surface area contributed by atoms with E-state index in [9.17, 15) is 4.79 Å². The lowest BCUT2D eigenvalue weighted by molar-refractivity contribution is 0.0689. The zero-order valence-electron chi connectivity index (χ0n) is 12.8. The van der Waals surface area contributed by atoms with Crippen molar-refractivity contribution in [3.8, 4) is 22.8 Å². The molecule has 6 nitrogen and oxygen atoms in total. The molecule has 0 aliphatic rings. The molecule has 2 rings (SSSR count). The van der Waals surface area contributed by atoms with Crippen molar-refractivity contribution in [1.82, 2.24) is 9.78 Å². The van der Waals surface area contributed by atoms with Gasteiger partial charge >= 0.3 is 5.97 Å². The van der Waals surface area contributed by atoms with Crippen LogP contribution in [0.25, 0.3) is 11.3 Å². The van der Waals surface area contributed by atoms with Crippen LogP contribution < -0.4 is 9.47 Å². The predicted octanol–water partition coefficient (Wildman–Crippen LogP) is 3.02. The Morgan fingerprint density at radius 2 is 1.95 bits per heavy atom. The number of benzene rings is 1. The highest BCUT2D eigenvalue weighted by molar-refractivity contribution is 6.34. The Morgan fingerprint density at radius 3 is 2.41 bits per heavy atom. The number of halogens is 1. The summed E-state index contributed by atoms with van der Waals surface area (Å²) in [7, 11) is 4.72. The molecular formula is C15H17ClN2O4. The maximum atomic E-state index is 11.1. The summed E-state index contributed by atoms with van der Waals surface area (Å²) in [6.45, 7) is 1.98. The van der Waals surface area contributed by atoms with Crippen molar-refractivity contribution in [1.29, 1.82) is 0 Å². The minimum atomic E-state index is -1.09. The van der Waals surface area contributed by atoms with Crippen molar-refractivity contribution in [3.63, 3.8) is 0 Å². The number of carboxylic acid groups (broad SMARTS) is 1. The zero-order valence-corrected chi connectivity index (χ0v) is 13.6. The molecule has 0 atom stereocenters. The molecular weight excluding hydrogens is 308 g/mol. The molecule has 0 spiro atoms. The van der Waals surface area contributed by atoms with E-state index in [1.54, 1.807) is 14.2 Å². The van der Waals surface area contributed by atoms with Crippen molar-refractivity contribution < 1.29 is 19.4 Å². The van der Waals surface area contributed by atoms with Gasteiger partial charge in [-0.15, -0.1) is 0 Å². The first-order valence-electron chi connectivity index (χ1n) is 6.65. The fourth-order valence-electron chi connectivity index (χ4n) is 2.36. The van der Waals surface area contributed by atoms with Crippen molar-refractivity contribution in [2.24, 2.45) is 7.05 Å². The fourth-order valence-corrected chi connectivity index (χ4v) is 2.74. The SMILES string of the molecule is CCc1cc(-c2cc(C(=O)O)nn2C)c(OC)c(Cl)c1OC. The van der Waals surface area contributed by atoms with E-state index >= 15 is 0 Å². The quantitative estimate of drug-likeness (QED) is 0.915. The van der Waals surface area contributed by atoms with Gasteiger partial charge in [-0.1, -0.05) is 18.5 Å². The molecule has 1 N–H and O–H groups in total. The van der Waals surface area contributed by atoms with Crippen LogP contribution in [0.2, 0.25) is 5.02 Å². The van der Waals surface area contributed by atoms with E-state index < -0.39 is 5.97 Å². The number of ether oxygens (including phenoxy) is 2. The Balaban J connectivity index is 2.74. The van der Waals surface area contributed by atoms with Crippen LogP contribution in [0.1, 0.15) is 23.0 Å². The van der Waals surface area contributed by atoms with E-state index in [0.29, 0.717) is 34.2 Å². The van der Waals surface area contributed by atoms with E-state index in [2.05, 4.69) is 5.10 Å². The Bertz CT molecular complexity index is 725. The molecule has 0 aliphatic heterocycles. The second kappa shape index (κ2) is 6.27.